The molecule has 2 aromatic rings. The normalized spacial score (nSPS) is 11.3. The Balaban J connectivity index is 1.84. The summed E-state index contributed by atoms with van der Waals surface area (Å²) in [5.41, 5.74) is 1.99. The van der Waals surface area contributed by atoms with Crippen LogP contribution < -0.4 is 10.6 Å². The number of hydrogen-bond donors (Lipinski definition) is 3. The second-order valence-corrected chi connectivity index (χ2v) is 6.06. The van der Waals surface area contributed by atoms with Gasteiger partial charge >= 0.3 is 0 Å². The van der Waals surface area contributed by atoms with Crippen molar-refractivity contribution in [2.75, 3.05) is 33.2 Å². The fourth-order valence-corrected chi connectivity index (χ4v) is 2.41. The second kappa shape index (κ2) is 10.7. The maximum atomic E-state index is 12.2. The number of amides is 2. The summed E-state index contributed by atoms with van der Waals surface area (Å²) in [4.78, 5) is 24.4. The van der Waals surface area contributed by atoms with Gasteiger partial charge in [-0.1, -0.05) is 18.2 Å². The van der Waals surface area contributed by atoms with Gasteiger partial charge in [0.05, 0.1) is 0 Å². The highest BCUT2D eigenvalue weighted by molar-refractivity contribution is 5.94. The van der Waals surface area contributed by atoms with E-state index in [4.69, 9.17) is 0 Å². The van der Waals surface area contributed by atoms with Gasteiger partial charge < -0.3 is 15.5 Å². The molecule has 2 aromatic carbocycles. The first kappa shape index (κ1) is 20.1. The molecule has 0 fully saturated rings. The van der Waals surface area contributed by atoms with Crippen molar-refractivity contribution in [3.63, 3.8) is 0 Å². The minimum atomic E-state index is -0.148. The van der Waals surface area contributed by atoms with E-state index < -0.39 is 0 Å². The molecule has 27 heavy (non-hydrogen) atoms. The number of nitrogens with one attached hydrogen (secondary N) is 2. The fraction of sp³-hybridized carbons (Fsp3) is 0.250. The van der Waals surface area contributed by atoms with Crippen LogP contribution >= 0.6 is 0 Å². The standard InChI is InChI=1S/C20H24N4O3/c1-23(13-11-21-16-25)14-12-22-20(26)18-9-7-17(8-10-18)15-24(27)19-5-3-2-4-6-19/h2-10,15-16H,11-14H2,1H3,(H2-,21,22,25,26,27)/p+1. The molecule has 0 aliphatic rings. The van der Waals surface area contributed by atoms with E-state index in [1.54, 1.807) is 42.6 Å². The number of carbonyl (C=O) groups excluding carboxylic acids is 2. The molecule has 0 aliphatic heterocycles. The number of hydrogen-bond acceptors (Lipinski definition) is 4. The van der Waals surface area contributed by atoms with Crippen molar-refractivity contribution in [3.8, 4) is 0 Å². The fourth-order valence-electron chi connectivity index (χ4n) is 2.41. The van der Waals surface area contributed by atoms with E-state index in [0.717, 1.165) is 16.8 Å². The lowest BCUT2D eigenvalue weighted by molar-refractivity contribution is -0.709. The van der Waals surface area contributed by atoms with Gasteiger partial charge in [-0.25, -0.2) is 0 Å². The van der Waals surface area contributed by atoms with Gasteiger partial charge in [-0.3, -0.25) is 14.8 Å². The molecule has 0 radical (unpaired) electrons. The Bertz CT molecular complexity index is 761. The maximum Gasteiger partial charge on any atom is 0.257 e. The third kappa shape index (κ3) is 6.91. The zero-order chi connectivity index (χ0) is 19.5. The summed E-state index contributed by atoms with van der Waals surface area (Å²) < 4.78 is 1.05. The summed E-state index contributed by atoms with van der Waals surface area (Å²) in [6, 6.07) is 16.2. The SMILES string of the molecule is CN(CCNC=O)CCNC(=O)c1ccc(/C=[N+](\O)c2ccccc2)cc1. The number of likely N-dealkylation sites (N-methyl/N-ethyl adjacent to an activating group) is 1. The summed E-state index contributed by atoms with van der Waals surface area (Å²) >= 11 is 0. The van der Waals surface area contributed by atoms with Crippen LogP contribution in [0.3, 0.4) is 0 Å². The predicted octanol–water partition coefficient (Wildman–Crippen LogP) is 1.25. The first-order valence-electron chi connectivity index (χ1n) is 8.72. The highest BCUT2D eigenvalue weighted by Gasteiger charge is 2.09. The van der Waals surface area contributed by atoms with Crippen molar-refractivity contribution in [2.45, 2.75) is 0 Å². The Morgan fingerprint density at radius 2 is 1.74 bits per heavy atom. The van der Waals surface area contributed by atoms with Crippen LogP contribution in [0.15, 0.2) is 54.6 Å². The second-order valence-electron chi connectivity index (χ2n) is 6.06. The van der Waals surface area contributed by atoms with Crippen molar-refractivity contribution >= 4 is 24.2 Å². The van der Waals surface area contributed by atoms with Crippen molar-refractivity contribution < 1.29 is 19.5 Å². The Labute approximate surface area is 158 Å². The van der Waals surface area contributed by atoms with Crippen LogP contribution in [0.5, 0.6) is 0 Å². The van der Waals surface area contributed by atoms with Crippen LogP contribution in [0.2, 0.25) is 0 Å². The summed E-state index contributed by atoms with van der Waals surface area (Å²) in [6.07, 6.45) is 2.26. The molecule has 0 aliphatic carbocycles. The Kier molecular flexibility index (Phi) is 7.99. The molecule has 7 nitrogen and oxygen atoms in total. The maximum absolute atomic E-state index is 12.2. The van der Waals surface area contributed by atoms with Gasteiger partial charge in [0, 0.05) is 54.2 Å². The number of benzene rings is 2. The monoisotopic (exact) mass is 369 g/mol. The molecule has 7 heteroatoms. The number of carbonyl (C=O) groups is 2. The zero-order valence-corrected chi connectivity index (χ0v) is 15.3. The molecule has 0 atom stereocenters. The lowest BCUT2D eigenvalue weighted by atomic mass is 10.1. The topological polar surface area (TPSA) is 84.7 Å². The molecule has 0 heterocycles. The van der Waals surface area contributed by atoms with Crippen LogP contribution in [-0.4, -0.2) is 66.6 Å². The van der Waals surface area contributed by atoms with E-state index in [1.807, 2.05) is 30.1 Å². The lowest BCUT2D eigenvalue weighted by Gasteiger charge is -2.16. The summed E-state index contributed by atoms with van der Waals surface area (Å²) in [7, 11) is 1.93. The van der Waals surface area contributed by atoms with Gasteiger partial charge in [-0.05, 0) is 31.3 Å². The average Bonchev–Trinajstić information content (AvgIpc) is 2.69. The smallest absolute Gasteiger partial charge is 0.257 e. The number of rotatable bonds is 10. The van der Waals surface area contributed by atoms with Crippen LogP contribution in [0.25, 0.3) is 0 Å². The molecular formula is C20H25N4O3+. The van der Waals surface area contributed by atoms with E-state index in [0.29, 0.717) is 37.3 Å². The summed E-state index contributed by atoms with van der Waals surface area (Å²) in [5.74, 6) is -0.148. The molecule has 142 valence electrons. The molecule has 0 bridgehead atoms. The van der Waals surface area contributed by atoms with Crippen LogP contribution in [0.4, 0.5) is 5.69 Å². The quantitative estimate of drug-likeness (QED) is 0.147. The molecule has 0 unspecified atom stereocenters. The largest absolute Gasteiger partial charge is 0.357 e. The molecule has 2 amide bonds. The van der Waals surface area contributed by atoms with E-state index >= 15 is 0 Å². The molecular weight excluding hydrogens is 344 g/mol. The van der Waals surface area contributed by atoms with Crippen LogP contribution in [0, 0.1) is 0 Å². The third-order valence-electron chi connectivity index (χ3n) is 3.97. The third-order valence-corrected chi connectivity index (χ3v) is 3.97. The van der Waals surface area contributed by atoms with E-state index in [2.05, 4.69) is 10.6 Å². The van der Waals surface area contributed by atoms with Crippen molar-refractivity contribution in [1.82, 2.24) is 15.5 Å². The Morgan fingerprint density at radius 1 is 1.07 bits per heavy atom. The highest BCUT2D eigenvalue weighted by Crippen LogP contribution is 2.09. The Hall–Kier alpha value is -3.19. The van der Waals surface area contributed by atoms with E-state index in [-0.39, 0.29) is 5.91 Å². The molecule has 2 rings (SSSR count). The molecule has 0 saturated carbocycles. The van der Waals surface area contributed by atoms with E-state index in [1.165, 1.54) is 0 Å². The predicted molar refractivity (Wildman–Crippen MR) is 104 cm³/mol. The van der Waals surface area contributed by atoms with Crippen molar-refractivity contribution in [3.05, 3.63) is 65.7 Å². The van der Waals surface area contributed by atoms with Gasteiger partial charge in [0.1, 0.15) is 0 Å². The minimum absolute atomic E-state index is 0.148. The van der Waals surface area contributed by atoms with Crippen LogP contribution in [0.1, 0.15) is 15.9 Å². The first-order chi connectivity index (χ1) is 13.1. The van der Waals surface area contributed by atoms with E-state index in [9.17, 15) is 14.8 Å². The summed E-state index contributed by atoms with van der Waals surface area (Å²) in [5, 5.41) is 15.5. The molecule has 0 aromatic heterocycles. The van der Waals surface area contributed by atoms with Gasteiger partial charge in [-0.2, -0.15) is 0 Å². The van der Waals surface area contributed by atoms with Crippen molar-refractivity contribution in [2.24, 2.45) is 0 Å². The van der Waals surface area contributed by atoms with Gasteiger partial charge in [0.2, 0.25) is 12.6 Å². The van der Waals surface area contributed by atoms with Gasteiger partial charge in [0.25, 0.3) is 11.6 Å². The minimum Gasteiger partial charge on any atom is -0.357 e. The average molecular weight is 369 g/mol. The highest BCUT2D eigenvalue weighted by atomic mass is 16.5. The zero-order valence-electron chi connectivity index (χ0n) is 15.3. The number of para-hydroxylation sites is 1. The molecule has 0 saturated heterocycles. The Morgan fingerprint density at radius 3 is 2.41 bits per heavy atom. The first-order valence-corrected chi connectivity index (χ1v) is 8.72. The van der Waals surface area contributed by atoms with Crippen molar-refractivity contribution in [1.29, 1.82) is 0 Å². The molecule has 0 spiro atoms. The number of nitrogens with zero attached hydrogens (tertiary/aromatic N) is 2. The van der Waals surface area contributed by atoms with Crippen LogP contribution in [-0.2, 0) is 4.79 Å². The van der Waals surface area contributed by atoms with Gasteiger partial charge in [0.15, 0.2) is 0 Å². The molecule has 3 N–H and O–H groups in total. The van der Waals surface area contributed by atoms with Gasteiger partial charge in [-0.15, -0.1) is 0 Å². The lowest BCUT2D eigenvalue weighted by Crippen LogP contribution is -2.36. The summed E-state index contributed by atoms with van der Waals surface area (Å²) in [6.45, 7) is 2.51.